The van der Waals surface area contributed by atoms with E-state index < -0.39 is 0 Å². The maximum Gasteiger partial charge on any atom is 0.251 e. The van der Waals surface area contributed by atoms with Gasteiger partial charge in [-0.1, -0.05) is 36.4 Å². The molecule has 3 aromatic rings. The molecule has 0 spiro atoms. The first-order chi connectivity index (χ1) is 13.7. The molecule has 4 rings (SSSR count). The Balaban J connectivity index is 1.49. The number of hydrogen-bond donors (Lipinski definition) is 1. The van der Waals surface area contributed by atoms with E-state index in [9.17, 15) is 4.79 Å². The highest BCUT2D eigenvalue weighted by Crippen LogP contribution is 2.36. The third-order valence-electron chi connectivity index (χ3n) is 5.62. The van der Waals surface area contributed by atoms with Gasteiger partial charge >= 0.3 is 0 Å². The first-order valence-electron chi connectivity index (χ1n) is 9.59. The van der Waals surface area contributed by atoms with Gasteiger partial charge in [-0.05, 0) is 43.0 Å². The maximum atomic E-state index is 12.8. The van der Waals surface area contributed by atoms with Crippen molar-refractivity contribution < 1.29 is 13.9 Å². The monoisotopic (exact) mass is 376 g/mol. The minimum Gasteiger partial charge on any atom is -0.444 e. The van der Waals surface area contributed by atoms with Crippen molar-refractivity contribution in [1.82, 2.24) is 10.3 Å². The van der Waals surface area contributed by atoms with Crippen LogP contribution in [0.15, 0.2) is 65.5 Å². The lowest BCUT2D eigenvalue weighted by Crippen LogP contribution is -2.45. The topological polar surface area (TPSA) is 64.4 Å². The fraction of sp³-hybridized carbons (Fsp3) is 0.304. The van der Waals surface area contributed by atoms with Gasteiger partial charge in [0.25, 0.3) is 5.91 Å². The molecule has 2 aromatic carbocycles. The molecule has 1 aromatic heterocycles. The average molecular weight is 376 g/mol. The summed E-state index contributed by atoms with van der Waals surface area (Å²) in [5.74, 6) is 0.622. The standard InChI is InChI=1S/C23H24N2O3/c1-17-4-2-3-5-20(17)23(10-12-27-13-11-23)15-25-22(26)19-8-6-18(7-9-19)21-14-24-16-28-21/h2-9,14,16H,10-13,15H2,1H3,(H,25,26). The predicted octanol–water partition coefficient (Wildman–Crippen LogP) is 4.13. The van der Waals surface area contributed by atoms with Gasteiger partial charge in [0.2, 0.25) is 0 Å². The van der Waals surface area contributed by atoms with Crippen molar-refractivity contribution in [2.75, 3.05) is 19.8 Å². The second kappa shape index (κ2) is 7.98. The number of carbonyl (C=O) groups excluding carboxylic acids is 1. The number of amides is 1. The Morgan fingerprint density at radius 2 is 1.86 bits per heavy atom. The summed E-state index contributed by atoms with van der Waals surface area (Å²) in [5.41, 5.74) is 4.01. The number of rotatable bonds is 5. The van der Waals surface area contributed by atoms with Crippen LogP contribution in [0.2, 0.25) is 0 Å². The number of nitrogens with one attached hydrogen (secondary N) is 1. The molecule has 1 N–H and O–H groups in total. The normalized spacial score (nSPS) is 15.9. The van der Waals surface area contributed by atoms with Gasteiger partial charge in [-0.2, -0.15) is 0 Å². The van der Waals surface area contributed by atoms with Gasteiger partial charge < -0.3 is 14.5 Å². The summed E-state index contributed by atoms with van der Waals surface area (Å²) in [4.78, 5) is 16.7. The molecule has 0 aliphatic carbocycles. The van der Waals surface area contributed by atoms with Gasteiger partial charge in [-0.15, -0.1) is 0 Å². The van der Waals surface area contributed by atoms with Crippen molar-refractivity contribution >= 4 is 5.91 Å². The van der Waals surface area contributed by atoms with Crippen molar-refractivity contribution in [3.63, 3.8) is 0 Å². The summed E-state index contributed by atoms with van der Waals surface area (Å²) in [7, 11) is 0. The number of benzene rings is 2. The van der Waals surface area contributed by atoms with E-state index in [1.165, 1.54) is 17.5 Å². The van der Waals surface area contributed by atoms with Crippen molar-refractivity contribution in [2.45, 2.75) is 25.2 Å². The number of aryl methyl sites for hydroxylation is 1. The van der Waals surface area contributed by atoms with E-state index >= 15 is 0 Å². The Morgan fingerprint density at radius 1 is 1.11 bits per heavy atom. The summed E-state index contributed by atoms with van der Waals surface area (Å²) < 4.78 is 10.9. The van der Waals surface area contributed by atoms with E-state index in [0.29, 0.717) is 17.9 Å². The molecule has 5 nitrogen and oxygen atoms in total. The van der Waals surface area contributed by atoms with E-state index in [4.69, 9.17) is 9.15 Å². The van der Waals surface area contributed by atoms with Crippen LogP contribution in [0, 0.1) is 6.92 Å². The van der Waals surface area contributed by atoms with Crippen LogP contribution in [0.25, 0.3) is 11.3 Å². The summed E-state index contributed by atoms with van der Waals surface area (Å²) in [5, 5.41) is 3.16. The first-order valence-corrected chi connectivity index (χ1v) is 9.59. The third-order valence-corrected chi connectivity index (χ3v) is 5.62. The molecule has 1 aliphatic rings. The van der Waals surface area contributed by atoms with E-state index in [1.807, 2.05) is 24.3 Å². The zero-order valence-electron chi connectivity index (χ0n) is 16.0. The summed E-state index contributed by atoms with van der Waals surface area (Å²) in [6, 6.07) is 15.8. The molecule has 0 saturated carbocycles. The zero-order chi connectivity index (χ0) is 19.4. The van der Waals surface area contributed by atoms with Crippen LogP contribution in [-0.4, -0.2) is 30.6 Å². The Hall–Kier alpha value is -2.92. The fourth-order valence-electron chi connectivity index (χ4n) is 3.97. The van der Waals surface area contributed by atoms with Crippen LogP contribution in [0.1, 0.15) is 34.3 Å². The van der Waals surface area contributed by atoms with Crippen LogP contribution in [-0.2, 0) is 10.2 Å². The molecule has 1 aliphatic heterocycles. The first kappa shape index (κ1) is 18.4. The molecule has 0 unspecified atom stereocenters. The molecule has 1 saturated heterocycles. The van der Waals surface area contributed by atoms with Gasteiger partial charge in [0.1, 0.15) is 0 Å². The number of aromatic nitrogens is 1. The molecular formula is C23H24N2O3. The summed E-state index contributed by atoms with van der Waals surface area (Å²) >= 11 is 0. The molecular weight excluding hydrogens is 352 g/mol. The van der Waals surface area contributed by atoms with Crippen LogP contribution in [0.4, 0.5) is 0 Å². The third kappa shape index (κ3) is 3.71. The molecule has 144 valence electrons. The molecule has 2 heterocycles. The fourth-order valence-corrected chi connectivity index (χ4v) is 3.97. The quantitative estimate of drug-likeness (QED) is 0.727. The number of hydrogen-bond acceptors (Lipinski definition) is 4. The van der Waals surface area contributed by atoms with Gasteiger partial charge in [0.15, 0.2) is 12.2 Å². The van der Waals surface area contributed by atoms with Gasteiger partial charge in [0.05, 0.1) is 6.20 Å². The van der Waals surface area contributed by atoms with Crippen molar-refractivity contribution in [2.24, 2.45) is 0 Å². The van der Waals surface area contributed by atoms with Crippen molar-refractivity contribution in [3.8, 4) is 11.3 Å². The highest BCUT2D eigenvalue weighted by molar-refractivity contribution is 5.94. The molecule has 1 amide bonds. The van der Waals surface area contributed by atoms with Crippen molar-refractivity contribution in [1.29, 1.82) is 0 Å². The van der Waals surface area contributed by atoms with E-state index in [2.05, 4.69) is 41.5 Å². The van der Waals surface area contributed by atoms with Crippen molar-refractivity contribution in [3.05, 3.63) is 77.8 Å². The van der Waals surface area contributed by atoms with Crippen LogP contribution >= 0.6 is 0 Å². The maximum absolute atomic E-state index is 12.8. The minimum atomic E-state index is -0.0843. The summed E-state index contributed by atoms with van der Waals surface area (Å²) in [6.45, 7) is 4.17. The van der Waals surface area contributed by atoms with Gasteiger partial charge in [-0.25, -0.2) is 4.98 Å². The van der Waals surface area contributed by atoms with Crippen LogP contribution in [0.3, 0.4) is 0 Å². The van der Waals surface area contributed by atoms with E-state index in [1.54, 1.807) is 6.20 Å². The van der Waals surface area contributed by atoms with E-state index in [0.717, 1.165) is 31.6 Å². The van der Waals surface area contributed by atoms with Gasteiger partial charge in [0, 0.05) is 36.3 Å². The Morgan fingerprint density at radius 3 is 2.54 bits per heavy atom. The van der Waals surface area contributed by atoms with Gasteiger partial charge in [-0.3, -0.25) is 4.79 Å². The molecule has 0 bridgehead atoms. The lowest BCUT2D eigenvalue weighted by Gasteiger charge is -2.39. The highest BCUT2D eigenvalue weighted by atomic mass is 16.5. The molecule has 5 heteroatoms. The largest absolute Gasteiger partial charge is 0.444 e. The lowest BCUT2D eigenvalue weighted by molar-refractivity contribution is 0.0485. The Kier molecular flexibility index (Phi) is 5.26. The summed E-state index contributed by atoms with van der Waals surface area (Å²) in [6.07, 6.45) is 4.87. The predicted molar refractivity (Wildman–Crippen MR) is 107 cm³/mol. The highest BCUT2D eigenvalue weighted by Gasteiger charge is 2.35. The minimum absolute atomic E-state index is 0.0661. The van der Waals surface area contributed by atoms with E-state index in [-0.39, 0.29) is 11.3 Å². The molecule has 28 heavy (non-hydrogen) atoms. The molecule has 0 radical (unpaired) electrons. The number of carbonyl (C=O) groups is 1. The second-order valence-electron chi connectivity index (χ2n) is 7.33. The smallest absolute Gasteiger partial charge is 0.251 e. The second-order valence-corrected chi connectivity index (χ2v) is 7.33. The number of oxazole rings is 1. The SMILES string of the molecule is Cc1ccccc1C1(CNC(=O)c2ccc(-c3cnco3)cc2)CCOCC1. The van der Waals surface area contributed by atoms with Crippen LogP contribution < -0.4 is 5.32 Å². The Labute approximate surface area is 164 Å². The Bertz CT molecular complexity index is 927. The zero-order valence-corrected chi connectivity index (χ0v) is 16.0. The number of ether oxygens (including phenoxy) is 1. The number of nitrogens with zero attached hydrogens (tertiary/aromatic N) is 1. The average Bonchev–Trinajstić information content (AvgIpc) is 3.28. The lowest BCUT2D eigenvalue weighted by atomic mass is 9.72. The van der Waals surface area contributed by atoms with Crippen LogP contribution in [0.5, 0.6) is 0 Å². The molecule has 1 fully saturated rings. The molecule has 0 atom stereocenters.